The lowest BCUT2D eigenvalue weighted by Crippen LogP contribution is -2.24. The van der Waals surface area contributed by atoms with Crippen LogP contribution in [0.5, 0.6) is 0 Å². The van der Waals surface area contributed by atoms with Crippen molar-refractivity contribution in [3.05, 3.63) is 41.5 Å². The van der Waals surface area contributed by atoms with Crippen molar-refractivity contribution < 1.29 is 9.90 Å². The number of rotatable bonds is 4. The summed E-state index contributed by atoms with van der Waals surface area (Å²) in [7, 11) is 0. The molecule has 0 aliphatic heterocycles. The Hall–Kier alpha value is -1.57. The molecule has 2 aliphatic carbocycles. The van der Waals surface area contributed by atoms with Crippen LogP contribution in [0.2, 0.25) is 0 Å². The lowest BCUT2D eigenvalue weighted by atomic mass is 9.68. The highest BCUT2D eigenvalue weighted by Gasteiger charge is 2.30. The fourth-order valence-electron chi connectivity index (χ4n) is 4.73. The maximum atomic E-state index is 10.6. The van der Waals surface area contributed by atoms with Crippen LogP contribution in [0.25, 0.3) is 6.08 Å². The number of hydrogen-bond acceptors (Lipinski definition) is 1. The molecule has 1 N–H and O–H groups in total. The summed E-state index contributed by atoms with van der Waals surface area (Å²) in [4.78, 5) is 10.6. The number of aliphatic carboxylic acids is 1. The molecule has 0 atom stereocenters. The normalized spacial score (nSPS) is 31.2. The molecule has 2 saturated carbocycles. The molecule has 1 aromatic rings. The van der Waals surface area contributed by atoms with Gasteiger partial charge in [0.05, 0.1) is 0 Å². The second-order valence-corrected chi connectivity index (χ2v) is 7.97. The van der Waals surface area contributed by atoms with Crippen molar-refractivity contribution in [1.29, 1.82) is 0 Å². The number of carboxylic acid groups (broad SMARTS) is 1. The van der Waals surface area contributed by atoms with Gasteiger partial charge < -0.3 is 5.11 Å². The first kappa shape index (κ1) is 17.3. The molecule has 0 bridgehead atoms. The van der Waals surface area contributed by atoms with Gasteiger partial charge in [-0.25, -0.2) is 4.79 Å². The molecule has 2 nitrogen and oxygen atoms in total. The quantitative estimate of drug-likeness (QED) is 0.701. The van der Waals surface area contributed by atoms with Crippen molar-refractivity contribution in [3.8, 4) is 0 Å². The maximum absolute atomic E-state index is 10.6. The predicted octanol–water partition coefficient (Wildman–Crippen LogP) is 5.88. The first-order valence-electron chi connectivity index (χ1n) is 9.63. The van der Waals surface area contributed by atoms with Gasteiger partial charge in [0.2, 0.25) is 0 Å². The Bertz CT molecular complexity index is 556. The summed E-state index contributed by atoms with van der Waals surface area (Å²) in [5.41, 5.74) is 2.39. The van der Waals surface area contributed by atoms with Gasteiger partial charge in [-0.1, -0.05) is 44.0 Å². The molecule has 0 amide bonds. The fourth-order valence-corrected chi connectivity index (χ4v) is 4.73. The Morgan fingerprint density at radius 1 is 0.917 bits per heavy atom. The van der Waals surface area contributed by atoms with E-state index in [9.17, 15) is 4.79 Å². The average molecular weight is 326 g/mol. The molecular formula is C22H30O2. The third kappa shape index (κ3) is 4.49. The van der Waals surface area contributed by atoms with E-state index in [1.165, 1.54) is 63.0 Å². The van der Waals surface area contributed by atoms with Crippen LogP contribution >= 0.6 is 0 Å². The average Bonchev–Trinajstić information content (AvgIpc) is 2.61. The maximum Gasteiger partial charge on any atom is 0.328 e. The summed E-state index contributed by atoms with van der Waals surface area (Å²) < 4.78 is 0. The van der Waals surface area contributed by atoms with Crippen LogP contribution in [-0.4, -0.2) is 11.1 Å². The molecule has 130 valence electrons. The van der Waals surface area contributed by atoms with Crippen molar-refractivity contribution in [2.75, 3.05) is 0 Å². The summed E-state index contributed by atoms with van der Waals surface area (Å²) in [6.07, 6.45) is 14.1. The van der Waals surface area contributed by atoms with Gasteiger partial charge >= 0.3 is 5.97 Å². The highest BCUT2D eigenvalue weighted by molar-refractivity contribution is 5.85. The van der Waals surface area contributed by atoms with Crippen LogP contribution in [0.4, 0.5) is 0 Å². The van der Waals surface area contributed by atoms with Crippen molar-refractivity contribution in [3.63, 3.8) is 0 Å². The smallest absolute Gasteiger partial charge is 0.328 e. The van der Waals surface area contributed by atoms with Crippen LogP contribution in [0.3, 0.4) is 0 Å². The monoisotopic (exact) mass is 326 g/mol. The van der Waals surface area contributed by atoms with Crippen molar-refractivity contribution >= 4 is 12.0 Å². The van der Waals surface area contributed by atoms with Crippen LogP contribution < -0.4 is 0 Å². The number of hydrogen-bond donors (Lipinski definition) is 1. The minimum absolute atomic E-state index is 0.696. The van der Waals surface area contributed by atoms with E-state index in [2.05, 4.69) is 19.1 Å². The van der Waals surface area contributed by atoms with Gasteiger partial charge in [-0.05, 0) is 79.4 Å². The zero-order chi connectivity index (χ0) is 16.9. The van der Waals surface area contributed by atoms with E-state index < -0.39 is 5.97 Å². The summed E-state index contributed by atoms with van der Waals surface area (Å²) in [6.45, 7) is 2.41. The minimum atomic E-state index is -0.894. The Morgan fingerprint density at radius 3 is 2.00 bits per heavy atom. The van der Waals surface area contributed by atoms with Gasteiger partial charge in [-0.15, -0.1) is 0 Å². The Labute approximate surface area is 146 Å². The van der Waals surface area contributed by atoms with Gasteiger partial charge in [0.15, 0.2) is 0 Å². The molecule has 0 aromatic heterocycles. The topological polar surface area (TPSA) is 37.3 Å². The predicted molar refractivity (Wildman–Crippen MR) is 98.9 cm³/mol. The van der Waals surface area contributed by atoms with Crippen molar-refractivity contribution in [1.82, 2.24) is 0 Å². The van der Waals surface area contributed by atoms with Crippen LogP contribution in [-0.2, 0) is 4.79 Å². The molecule has 2 fully saturated rings. The van der Waals surface area contributed by atoms with Crippen LogP contribution in [0.15, 0.2) is 30.3 Å². The van der Waals surface area contributed by atoms with Gasteiger partial charge in [0, 0.05) is 6.08 Å². The zero-order valence-electron chi connectivity index (χ0n) is 14.8. The summed E-state index contributed by atoms with van der Waals surface area (Å²) in [6, 6.07) is 8.47. The number of carboxylic acids is 1. The minimum Gasteiger partial charge on any atom is -0.478 e. The molecule has 0 spiro atoms. The first-order valence-corrected chi connectivity index (χ1v) is 9.63. The molecule has 0 saturated heterocycles. The molecule has 3 rings (SSSR count). The van der Waals surface area contributed by atoms with Crippen LogP contribution in [0.1, 0.15) is 75.3 Å². The molecule has 0 heterocycles. The standard InChI is InChI=1S/C22H30O2/c1-16-2-7-18(8-3-16)20-11-13-21(14-12-20)19-9-4-17(5-10-19)6-15-22(23)24/h4-6,9-10,15-16,18,20-21H,2-3,7-8,11-14H2,1H3,(H,23,24). The summed E-state index contributed by atoms with van der Waals surface area (Å²) >= 11 is 0. The Kier molecular flexibility index (Phi) is 5.76. The van der Waals surface area contributed by atoms with E-state index in [1.54, 1.807) is 6.08 Å². The third-order valence-electron chi connectivity index (χ3n) is 6.33. The SMILES string of the molecule is CC1CCC(C2CCC(c3ccc(C=CC(=O)O)cc3)CC2)CC1. The Morgan fingerprint density at radius 2 is 1.46 bits per heavy atom. The lowest BCUT2D eigenvalue weighted by Gasteiger charge is -2.37. The Balaban J connectivity index is 1.52. The lowest BCUT2D eigenvalue weighted by molar-refractivity contribution is -0.131. The van der Waals surface area contributed by atoms with Crippen molar-refractivity contribution in [2.45, 2.75) is 64.2 Å². The summed E-state index contributed by atoms with van der Waals surface area (Å²) in [5.74, 6) is 2.71. The molecule has 2 heteroatoms. The molecule has 2 aliphatic rings. The van der Waals surface area contributed by atoms with E-state index in [0.717, 1.165) is 23.3 Å². The molecule has 0 radical (unpaired) electrons. The van der Waals surface area contributed by atoms with E-state index >= 15 is 0 Å². The highest BCUT2D eigenvalue weighted by Crippen LogP contribution is 2.43. The van der Waals surface area contributed by atoms with E-state index in [4.69, 9.17) is 5.11 Å². The molecule has 1 aromatic carbocycles. The van der Waals surface area contributed by atoms with Crippen molar-refractivity contribution in [2.24, 2.45) is 17.8 Å². The van der Waals surface area contributed by atoms with Gasteiger partial charge in [0.1, 0.15) is 0 Å². The van der Waals surface area contributed by atoms with Gasteiger partial charge in [0.25, 0.3) is 0 Å². The zero-order valence-corrected chi connectivity index (χ0v) is 14.8. The van der Waals surface area contributed by atoms with Gasteiger partial charge in [-0.3, -0.25) is 0 Å². The van der Waals surface area contributed by atoms with Crippen LogP contribution in [0, 0.1) is 17.8 Å². The van der Waals surface area contributed by atoms with E-state index in [1.807, 2.05) is 12.1 Å². The second-order valence-electron chi connectivity index (χ2n) is 7.97. The molecule has 0 unspecified atom stereocenters. The van der Waals surface area contributed by atoms with E-state index in [0.29, 0.717) is 5.92 Å². The fraction of sp³-hybridized carbons (Fsp3) is 0.591. The highest BCUT2D eigenvalue weighted by atomic mass is 16.4. The summed E-state index contributed by atoms with van der Waals surface area (Å²) in [5, 5.41) is 8.69. The van der Waals surface area contributed by atoms with E-state index in [-0.39, 0.29) is 0 Å². The molecule has 24 heavy (non-hydrogen) atoms. The largest absolute Gasteiger partial charge is 0.478 e. The third-order valence-corrected chi connectivity index (χ3v) is 6.33. The van der Waals surface area contributed by atoms with Gasteiger partial charge in [-0.2, -0.15) is 0 Å². The number of carbonyl (C=O) groups is 1. The first-order chi connectivity index (χ1) is 11.6. The molecular weight excluding hydrogens is 296 g/mol. The number of benzene rings is 1. The second kappa shape index (κ2) is 8.00.